The van der Waals surface area contributed by atoms with Gasteiger partial charge in [0.05, 0.1) is 12.1 Å². The summed E-state index contributed by atoms with van der Waals surface area (Å²) in [4.78, 5) is 2.47. The van der Waals surface area contributed by atoms with Gasteiger partial charge in [-0.1, -0.05) is 32.0 Å². The van der Waals surface area contributed by atoms with Crippen molar-refractivity contribution in [2.24, 2.45) is 5.73 Å². The van der Waals surface area contributed by atoms with E-state index in [1.165, 1.54) is 11.1 Å². The van der Waals surface area contributed by atoms with Gasteiger partial charge in [0, 0.05) is 18.5 Å². The Morgan fingerprint density at radius 2 is 2.06 bits per heavy atom. The normalized spacial score (nSPS) is 22.7. The van der Waals surface area contributed by atoms with E-state index in [4.69, 9.17) is 10.5 Å². The lowest BCUT2D eigenvalue weighted by molar-refractivity contribution is 0.0571. The van der Waals surface area contributed by atoms with E-state index in [0.29, 0.717) is 6.54 Å². The average molecular weight is 248 g/mol. The minimum atomic E-state index is -0.0525. The molecule has 1 aromatic rings. The molecule has 0 saturated carbocycles. The van der Waals surface area contributed by atoms with Gasteiger partial charge in [0.25, 0.3) is 0 Å². The Kier molecular flexibility index (Phi) is 3.93. The van der Waals surface area contributed by atoms with Gasteiger partial charge in [0.1, 0.15) is 5.75 Å². The molecule has 1 aliphatic rings. The van der Waals surface area contributed by atoms with Crippen LogP contribution in [0.25, 0.3) is 0 Å². The highest BCUT2D eigenvalue weighted by atomic mass is 16.5. The molecular formula is C15H24N2O. The number of aryl methyl sites for hydroxylation is 1. The number of fused-ring (bicyclic) bond motifs is 1. The Morgan fingerprint density at radius 3 is 2.67 bits per heavy atom. The van der Waals surface area contributed by atoms with Crippen molar-refractivity contribution in [1.29, 1.82) is 0 Å². The quantitative estimate of drug-likeness (QED) is 0.888. The molecule has 0 radical (unpaired) electrons. The summed E-state index contributed by atoms with van der Waals surface area (Å²) in [7, 11) is 0. The van der Waals surface area contributed by atoms with Crippen LogP contribution in [0.2, 0.25) is 0 Å². The van der Waals surface area contributed by atoms with E-state index in [1.54, 1.807) is 0 Å². The van der Waals surface area contributed by atoms with Crippen molar-refractivity contribution in [3.05, 3.63) is 29.3 Å². The molecule has 3 nitrogen and oxygen atoms in total. The molecule has 2 N–H and O–H groups in total. The number of likely N-dealkylation sites (N-methyl/N-ethyl adjacent to an activating group) is 1. The van der Waals surface area contributed by atoms with Gasteiger partial charge in [-0.25, -0.2) is 0 Å². The van der Waals surface area contributed by atoms with Crippen LogP contribution < -0.4 is 10.5 Å². The minimum Gasteiger partial charge on any atom is -0.493 e. The molecule has 0 bridgehead atoms. The maximum atomic E-state index is 6.16. The summed E-state index contributed by atoms with van der Waals surface area (Å²) < 4.78 is 5.87. The second-order valence-electron chi connectivity index (χ2n) is 4.96. The summed E-state index contributed by atoms with van der Waals surface area (Å²) in [6.07, 6.45) is 0.974. The van der Waals surface area contributed by atoms with Gasteiger partial charge in [-0.3, -0.25) is 4.90 Å². The Labute approximate surface area is 110 Å². The molecule has 0 aliphatic carbocycles. The zero-order chi connectivity index (χ0) is 13.2. The zero-order valence-corrected chi connectivity index (χ0v) is 11.7. The number of nitrogens with two attached hydrogens (primary N) is 1. The second-order valence-corrected chi connectivity index (χ2v) is 4.96. The molecule has 3 heteroatoms. The molecule has 1 atom stereocenters. The maximum absolute atomic E-state index is 6.16. The molecule has 0 fully saturated rings. The van der Waals surface area contributed by atoms with Gasteiger partial charge in [-0.15, -0.1) is 0 Å². The van der Waals surface area contributed by atoms with Crippen LogP contribution in [0.5, 0.6) is 5.75 Å². The maximum Gasteiger partial charge on any atom is 0.127 e. The summed E-state index contributed by atoms with van der Waals surface area (Å²) >= 11 is 0. The van der Waals surface area contributed by atoms with Gasteiger partial charge in [-0.05, 0) is 25.6 Å². The fourth-order valence-corrected chi connectivity index (χ4v) is 3.17. The second kappa shape index (κ2) is 5.29. The molecule has 1 unspecified atom stereocenters. The number of nitrogens with zero attached hydrogens (tertiary/aromatic N) is 1. The minimum absolute atomic E-state index is 0.0525. The molecule has 2 rings (SSSR count). The first kappa shape index (κ1) is 13.4. The van der Waals surface area contributed by atoms with E-state index < -0.39 is 0 Å². The first-order valence-corrected chi connectivity index (χ1v) is 6.87. The smallest absolute Gasteiger partial charge is 0.127 e. The molecule has 1 aromatic carbocycles. The van der Waals surface area contributed by atoms with Crippen LogP contribution in [0.1, 0.15) is 31.4 Å². The molecule has 100 valence electrons. The third kappa shape index (κ3) is 1.91. The molecule has 0 amide bonds. The van der Waals surface area contributed by atoms with E-state index in [9.17, 15) is 0 Å². The van der Waals surface area contributed by atoms with E-state index in [2.05, 4.69) is 43.9 Å². The number of hydrogen-bond acceptors (Lipinski definition) is 3. The third-order valence-corrected chi connectivity index (χ3v) is 4.18. The molecule has 0 aromatic heterocycles. The molecule has 18 heavy (non-hydrogen) atoms. The highest BCUT2D eigenvalue weighted by Crippen LogP contribution is 2.42. The van der Waals surface area contributed by atoms with Gasteiger partial charge in [-0.2, -0.15) is 0 Å². The van der Waals surface area contributed by atoms with Crippen LogP contribution in [0, 0.1) is 6.92 Å². The fourth-order valence-electron chi connectivity index (χ4n) is 3.17. The standard InChI is InChI=1S/C15H24N2O/c1-4-17(5-2)15(11-16)9-10-18-14-12(3)7-6-8-13(14)15/h6-8H,4-5,9-11,16H2,1-3H3. The number of hydrogen-bond donors (Lipinski definition) is 1. The number of rotatable bonds is 4. The van der Waals surface area contributed by atoms with Crippen LogP contribution in [0.15, 0.2) is 18.2 Å². The highest BCUT2D eigenvalue weighted by Gasteiger charge is 2.40. The molecule has 0 spiro atoms. The van der Waals surface area contributed by atoms with Crippen LogP contribution in [0.3, 0.4) is 0 Å². The van der Waals surface area contributed by atoms with E-state index in [1.807, 2.05) is 0 Å². The van der Waals surface area contributed by atoms with Crippen LogP contribution in [0.4, 0.5) is 0 Å². The Balaban J connectivity index is 2.55. The molecular weight excluding hydrogens is 224 g/mol. The summed E-state index contributed by atoms with van der Waals surface area (Å²) in [6.45, 7) is 9.94. The van der Waals surface area contributed by atoms with Crippen molar-refractivity contribution in [1.82, 2.24) is 4.90 Å². The lowest BCUT2D eigenvalue weighted by Gasteiger charge is -2.46. The predicted octanol–water partition coefficient (Wildman–Crippen LogP) is 2.27. The van der Waals surface area contributed by atoms with Gasteiger partial charge in [0.2, 0.25) is 0 Å². The summed E-state index contributed by atoms with van der Waals surface area (Å²) in [5.41, 5.74) is 8.58. The van der Waals surface area contributed by atoms with Gasteiger partial charge >= 0.3 is 0 Å². The Hall–Kier alpha value is -1.06. The van der Waals surface area contributed by atoms with Crippen LogP contribution in [-0.4, -0.2) is 31.1 Å². The van der Waals surface area contributed by atoms with E-state index >= 15 is 0 Å². The van der Waals surface area contributed by atoms with Crippen molar-refractivity contribution in [2.75, 3.05) is 26.2 Å². The largest absolute Gasteiger partial charge is 0.493 e. The molecule has 1 aliphatic heterocycles. The lowest BCUT2D eigenvalue weighted by atomic mass is 9.81. The number of benzene rings is 1. The summed E-state index contributed by atoms with van der Waals surface area (Å²) in [5.74, 6) is 1.04. The third-order valence-electron chi connectivity index (χ3n) is 4.18. The Morgan fingerprint density at radius 1 is 1.33 bits per heavy atom. The van der Waals surface area contributed by atoms with Crippen molar-refractivity contribution in [3.8, 4) is 5.75 Å². The fraction of sp³-hybridized carbons (Fsp3) is 0.600. The van der Waals surface area contributed by atoms with E-state index in [-0.39, 0.29) is 5.54 Å². The number of ether oxygens (including phenoxy) is 1. The molecule has 0 saturated heterocycles. The van der Waals surface area contributed by atoms with Crippen molar-refractivity contribution >= 4 is 0 Å². The zero-order valence-electron chi connectivity index (χ0n) is 11.7. The predicted molar refractivity (Wildman–Crippen MR) is 74.9 cm³/mol. The summed E-state index contributed by atoms with van der Waals surface area (Å²) in [6, 6.07) is 6.39. The van der Waals surface area contributed by atoms with E-state index in [0.717, 1.165) is 31.9 Å². The van der Waals surface area contributed by atoms with Gasteiger partial charge in [0.15, 0.2) is 0 Å². The van der Waals surface area contributed by atoms with Crippen LogP contribution >= 0.6 is 0 Å². The van der Waals surface area contributed by atoms with Crippen LogP contribution in [-0.2, 0) is 5.54 Å². The lowest BCUT2D eigenvalue weighted by Crippen LogP contribution is -2.53. The first-order chi connectivity index (χ1) is 8.69. The monoisotopic (exact) mass is 248 g/mol. The Bertz CT molecular complexity index is 415. The van der Waals surface area contributed by atoms with Crippen molar-refractivity contribution in [3.63, 3.8) is 0 Å². The average Bonchev–Trinajstić information content (AvgIpc) is 2.41. The van der Waals surface area contributed by atoms with Gasteiger partial charge < -0.3 is 10.5 Å². The van der Waals surface area contributed by atoms with Crippen molar-refractivity contribution in [2.45, 2.75) is 32.7 Å². The number of para-hydroxylation sites is 1. The summed E-state index contributed by atoms with van der Waals surface area (Å²) in [5, 5.41) is 0. The molecule has 1 heterocycles. The topological polar surface area (TPSA) is 38.5 Å². The SMILES string of the molecule is CCN(CC)C1(CN)CCOc2c(C)cccc21. The van der Waals surface area contributed by atoms with Crippen molar-refractivity contribution < 1.29 is 4.74 Å². The highest BCUT2D eigenvalue weighted by molar-refractivity contribution is 5.46. The first-order valence-electron chi connectivity index (χ1n) is 6.87.